The van der Waals surface area contributed by atoms with Gasteiger partial charge in [0, 0.05) is 32.4 Å². The van der Waals surface area contributed by atoms with Crippen LogP contribution in [0.15, 0.2) is 83.9 Å². The van der Waals surface area contributed by atoms with Crippen LogP contribution >= 0.6 is 0 Å². The van der Waals surface area contributed by atoms with Crippen LogP contribution in [0.5, 0.6) is 11.5 Å². The van der Waals surface area contributed by atoms with Gasteiger partial charge in [0.15, 0.2) is 5.96 Å². The van der Waals surface area contributed by atoms with E-state index in [0.717, 1.165) is 5.56 Å². The van der Waals surface area contributed by atoms with Gasteiger partial charge in [-0.25, -0.2) is 0 Å². The van der Waals surface area contributed by atoms with Crippen molar-refractivity contribution in [2.75, 3.05) is 26.2 Å². The number of aliphatic hydroxyl groups is 1. The predicted octanol–water partition coefficient (Wildman–Crippen LogP) is -1.91. The number of aliphatic imine (C=N–C) groups is 1. The molecule has 7 amide bonds. The Hall–Kier alpha value is -7.22. The fraction of sp³-hybridized carbons (Fsp3) is 0.395. The number of carbonyl (C=O) groups excluding carboxylic acids is 7. The standard InChI is InChI=1S/C43H56N10O10/c44-38(59)34(25-54)52-41(62)35-9-5-21-53(35)42(63)33(23-28-12-17-30(56)18-13-28)50-37(58)24-48-39(60)32(22-27-6-2-1-3-7-27)51-40(61)31(8-4-20-47-43(45)46)49-36(57)19-14-26-10-15-29(55)16-11-26/h1-3,6-7,10-13,15-18,31-35,54-56H,4-5,8-9,14,19-25H2,(H2,44,59)(H,48,60)(H,49,57)(H,50,58)(H,51,61)(H,52,62)(H4,45,46,47)/t31-,32-,33-,34-,35-/m0/s1. The lowest BCUT2D eigenvalue weighted by molar-refractivity contribution is -0.142. The summed E-state index contributed by atoms with van der Waals surface area (Å²) in [6.45, 7) is -1.06. The number of amides is 7. The number of aryl methyl sites for hydroxylation is 1. The Labute approximate surface area is 364 Å². The highest BCUT2D eigenvalue weighted by atomic mass is 16.3. The molecule has 1 aliphatic rings. The molecule has 0 unspecified atom stereocenters. The van der Waals surface area contributed by atoms with Gasteiger partial charge < -0.3 is 64.0 Å². The van der Waals surface area contributed by atoms with Crippen molar-refractivity contribution in [2.24, 2.45) is 22.2 Å². The highest BCUT2D eigenvalue weighted by Gasteiger charge is 2.39. The second kappa shape index (κ2) is 24.3. The predicted molar refractivity (Wildman–Crippen MR) is 230 cm³/mol. The Balaban J connectivity index is 1.48. The molecule has 1 heterocycles. The number of nitrogens with one attached hydrogen (secondary N) is 5. The number of phenols is 2. The van der Waals surface area contributed by atoms with Crippen molar-refractivity contribution in [1.82, 2.24) is 31.5 Å². The second-order valence-corrected chi connectivity index (χ2v) is 15.0. The van der Waals surface area contributed by atoms with E-state index in [-0.39, 0.29) is 62.7 Å². The minimum Gasteiger partial charge on any atom is -0.508 e. The fourth-order valence-electron chi connectivity index (χ4n) is 6.87. The molecule has 3 aromatic rings. The average molecular weight is 873 g/mol. The summed E-state index contributed by atoms with van der Waals surface area (Å²) in [6.07, 6.45) is 1.35. The molecule has 4 rings (SSSR count). The van der Waals surface area contributed by atoms with E-state index >= 15 is 0 Å². The van der Waals surface area contributed by atoms with E-state index in [1.165, 1.54) is 29.2 Å². The van der Waals surface area contributed by atoms with Crippen LogP contribution in [-0.2, 0) is 52.8 Å². The van der Waals surface area contributed by atoms with Gasteiger partial charge in [0.25, 0.3) is 0 Å². The summed E-state index contributed by atoms with van der Waals surface area (Å²) >= 11 is 0. The molecule has 0 saturated carbocycles. The molecule has 1 aliphatic heterocycles. The lowest BCUT2D eigenvalue weighted by atomic mass is 10.0. The van der Waals surface area contributed by atoms with Crippen LogP contribution in [0.4, 0.5) is 0 Å². The van der Waals surface area contributed by atoms with E-state index in [4.69, 9.17) is 17.2 Å². The summed E-state index contributed by atoms with van der Waals surface area (Å²) in [5, 5.41) is 41.9. The number of primary amides is 1. The summed E-state index contributed by atoms with van der Waals surface area (Å²) in [6, 6.07) is 15.1. The van der Waals surface area contributed by atoms with E-state index < -0.39 is 84.7 Å². The topological polar surface area (TPSA) is 334 Å². The minimum atomic E-state index is -1.37. The third-order valence-corrected chi connectivity index (χ3v) is 10.2. The van der Waals surface area contributed by atoms with E-state index in [2.05, 4.69) is 31.6 Å². The third-order valence-electron chi connectivity index (χ3n) is 10.2. The molecule has 338 valence electrons. The number of aromatic hydroxyl groups is 2. The van der Waals surface area contributed by atoms with Crippen molar-refractivity contribution in [2.45, 2.75) is 81.6 Å². The zero-order valence-corrected chi connectivity index (χ0v) is 34.7. The van der Waals surface area contributed by atoms with E-state index in [1.807, 2.05) is 0 Å². The molecule has 1 fully saturated rings. The quantitative estimate of drug-likeness (QED) is 0.0283. The van der Waals surface area contributed by atoms with Gasteiger partial charge in [-0.15, -0.1) is 0 Å². The van der Waals surface area contributed by atoms with Gasteiger partial charge in [-0.05, 0) is 73.1 Å². The Morgan fingerprint density at radius 1 is 0.698 bits per heavy atom. The Morgan fingerprint density at radius 3 is 1.92 bits per heavy atom. The van der Waals surface area contributed by atoms with E-state index in [1.54, 1.807) is 54.6 Å². The zero-order chi connectivity index (χ0) is 45.9. The smallest absolute Gasteiger partial charge is 0.246 e. The number of phenolic OH excluding ortho intramolecular Hbond substituents is 2. The number of nitrogens with two attached hydrogens (primary N) is 3. The maximum atomic E-state index is 14.1. The summed E-state index contributed by atoms with van der Waals surface area (Å²) in [5.41, 5.74) is 18.2. The van der Waals surface area contributed by atoms with Crippen LogP contribution in [0.1, 0.15) is 48.8 Å². The van der Waals surface area contributed by atoms with E-state index in [0.29, 0.717) is 30.4 Å². The Morgan fingerprint density at radius 2 is 1.30 bits per heavy atom. The van der Waals surface area contributed by atoms with Crippen LogP contribution in [-0.4, -0.2) is 124 Å². The molecule has 0 aliphatic carbocycles. The third kappa shape index (κ3) is 16.0. The maximum absolute atomic E-state index is 14.1. The first kappa shape index (κ1) is 48.4. The number of rotatable bonds is 23. The normalized spacial score (nSPS) is 15.1. The first-order chi connectivity index (χ1) is 30.1. The fourth-order valence-corrected chi connectivity index (χ4v) is 6.87. The number of hydrogen-bond acceptors (Lipinski definition) is 11. The number of nitrogens with zero attached hydrogens (tertiary/aromatic N) is 2. The average Bonchev–Trinajstić information content (AvgIpc) is 3.76. The summed E-state index contributed by atoms with van der Waals surface area (Å²) in [4.78, 5) is 98.4. The van der Waals surface area contributed by atoms with Crippen molar-refractivity contribution in [3.05, 3.63) is 95.6 Å². The molecule has 0 spiro atoms. The number of likely N-dealkylation sites (tertiary alicyclic amines) is 1. The van der Waals surface area contributed by atoms with Crippen LogP contribution in [0.3, 0.4) is 0 Å². The molecule has 0 radical (unpaired) electrons. The van der Waals surface area contributed by atoms with Crippen molar-refractivity contribution < 1.29 is 48.9 Å². The summed E-state index contributed by atoms with van der Waals surface area (Å²) < 4.78 is 0. The first-order valence-electron chi connectivity index (χ1n) is 20.5. The molecular weight excluding hydrogens is 817 g/mol. The SMILES string of the molecule is NC(=O)[C@H](CO)NC(=O)[C@@H]1CCCN1C(=O)[C@H](Cc1ccc(O)cc1)NC(=O)CNC(=O)[C@H](Cc1ccccc1)NC(=O)[C@H](CCCN=C(N)N)NC(=O)CCc1ccc(O)cc1. The largest absolute Gasteiger partial charge is 0.508 e. The number of guanidine groups is 1. The number of carbonyl (C=O) groups is 7. The van der Waals surface area contributed by atoms with Gasteiger partial charge in [-0.1, -0.05) is 54.6 Å². The minimum absolute atomic E-state index is 0.00280. The van der Waals surface area contributed by atoms with Gasteiger partial charge in [-0.3, -0.25) is 38.6 Å². The Kier molecular flexibility index (Phi) is 18.7. The summed E-state index contributed by atoms with van der Waals surface area (Å²) in [5.74, 6) is -5.04. The highest BCUT2D eigenvalue weighted by molar-refractivity contribution is 5.96. The Bertz CT molecular complexity index is 2060. The van der Waals surface area contributed by atoms with Crippen molar-refractivity contribution >= 4 is 47.3 Å². The van der Waals surface area contributed by atoms with Crippen molar-refractivity contribution in [3.8, 4) is 11.5 Å². The van der Waals surface area contributed by atoms with Crippen molar-refractivity contribution in [3.63, 3.8) is 0 Å². The number of aliphatic hydroxyl groups excluding tert-OH is 1. The summed E-state index contributed by atoms with van der Waals surface area (Å²) in [7, 11) is 0. The lowest BCUT2D eigenvalue weighted by Crippen LogP contribution is -2.58. The number of hydrogen-bond donors (Lipinski definition) is 11. The van der Waals surface area contributed by atoms with Gasteiger partial charge >= 0.3 is 0 Å². The van der Waals surface area contributed by atoms with E-state index in [9.17, 15) is 48.9 Å². The van der Waals surface area contributed by atoms with Crippen LogP contribution in [0.25, 0.3) is 0 Å². The highest BCUT2D eigenvalue weighted by Crippen LogP contribution is 2.21. The lowest BCUT2D eigenvalue weighted by Gasteiger charge is -2.29. The molecule has 5 atom stereocenters. The molecule has 3 aromatic carbocycles. The molecule has 14 N–H and O–H groups in total. The van der Waals surface area contributed by atoms with Gasteiger partial charge in [0.2, 0.25) is 41.4 Å². The van der Waals surface area contributed by atoms with Gasteiger partial charge in [-0.2, -0.15) is 0 Å². The maximum Gasteiger partial charge on any atom is 0.246 e. The molecule has 20 heteroatoms. The molecule has 20 nitrogen and oxygen atoms in total. The zero-order valence-electron chi connectivity index (χ0n) is 34.7. The molecule has 63 heavy (non-hydrogen) atoms. The second-order valence-electron chi connectivity index (χ2n) is 15.0. The molecule has 0 aromatic heterocycles. The van der Waals surface area contributed by atoms with Gasteiger partial charge in [0.1, 0.15) is 41.7 Å². The van der Waals surface area contributed by atoms with Crippen LogP contribution < -0.4 is 43.8 Å². The van der Waals surface area contributed by atoms with Crippen LogP contribution in [0.2, 0.25) is 0 Å². The molecule has 0 bridgehead atoms. The molecule has 1 saturated heterocycles. The number of benzene rings is 3. The molecular formula is C43H56N10O10. The van der Waals surface area contributed by atoms with Crippen molar-refractivity contribution in [1.29, 1.82) is 0 Å². The first-order valence-corrected chi connectivity index (χ1v) is 20.5. The van der Waals surface area contributed by atoms with Gasteiger partial charge in [0.05, 0.1) is 13.2 Å². The monoisotopic (exact) mass is 872 g/mol. The van der Waals surface area contributed by atoms with Crippen LogP contribution in [0, 0.1) is 0 Å².